The Morgan fingerprint density at radius 2 is 0.933 bits per heavy atom. The van der Waals surface area contributed by atoms with Crippen molar-refractivity contribution >= 4 is 27.9 Å². The highest BCUT2D eigenvalue weighted by atomic mass is 32.2. The number of hydrogen-bond acceptors (Lipinski definition) is 8. The first-order chi connectivity index (χ1) is 29.0. The summed E-state index contributed by atoms with van der Waals surface area (Å²) < 4.78 is 36.6. The van der Waals surface area contributed by atoms with Gasteiger partial charge in [0.25, 0.3) is 0 Å². The van der Waals surface area contributed by atoms with Crippen LogP contribution in [0.1, 0.15) is 239 Å². The fraction of sp³-hybridized carbons (Fsp3) is 0.938. The monoisotopic (exact) mass is 874 g/mol. The second kappa shape index (κ2) is 41.3. The molecule has 0 spiro atoms. The van der Waals surface area contributed by atoms with Crippen LogP contribution in [-0.4, -0.2) is 82.6 Å². The minimum Gasteiger partial charge on any atom is -0.633 e. The Balaban J connectivity index is 4.64. The van der Waals surface area contributed by atoms with Gasteiger partial charge in [0.2, 0.25) is 15.9 Å². The summed E-state index contributed by atoms with van der Waals surface area (Å²) in [6.45, 7) is 8.81. The van der Waals surface area contributed by atoms with E-state index in [0.717, 1.165) is 103 Å². The van der Waals surface area contributed by atoms with Crippen molar-refractivity contribution in [3.63, 3.8) is 0 Å². The third kappa shape index (κ3) is 39.1. The number of nitrogens with one attached hydrogen (secondary N) is 2. The predicted octanol–water partition coefficient (Wildman–Crippen LogP) is 11.7. The molecule has 0 heterocycles. The molecule has 356 valence electrons. The Labute approximate surface area is 369 Å². The summed E-state index contributed by atoms with van der Waals surface area (Å²) in [5.74, 6) is -1.39. The topological polar surface area (TPSA) is 151 Å². The standard InChI is InChI=1S/C48H95N3O8S/c1-5-8-11-14-17-26-33-43-58-47(53)37-29-22-18-24-31-40-51(55,42-34-39-50-46(52)44-60(56,57)49-4)41-32-25-19-23-30-38-48(54)59-45(35-27-20-15-12-9-6-2)36-28-21-16-13-10-7-3/h45,49H,5-44H2,1-4H3,(H,50,52). The van der Waals surface area contributed by atoms with E-state index in [1.165, 1.54) is 103 Å². The Bertz CT molecular complexity index is 1110. The van der Waals surface area contributed by atoms with Crippen molar-refractivity contribution in [2.45, 2.75) is 245 Å². The zero-order valence-corrected chi connectivity index (χ0v) is 40.3. The summed E-state index contributed by atoms with van der Waals surface area (Å²) in [4.78, 5) is 37.0. The molecule has 11 nitrogen and oxygen atoms in total. The van der Waals surface area contributed by atoms with E-state index in [2.05, 4.69) is 30.8 Å². The second-order valence-corrected chi connectivity index (χ2v) is 19.4. The molecule has 0 aliphatic heterocycles. The van der Waals surface area contributed by atoms with Crippen LogP contribution in [0.5, 0.6) is 0 Å². The summed E-state index contributed by atoms with van der Waals surface area (Å²) in [5.41, 5.74) is 0. The molecule has 2 N–H and O–H groups in total. The molecule has 1 atom stereocenters. The number of esters is 2. The van der Waals surface area contributed by atoms with E-state index in [9.17, 15) is 28.0 Å². The number of carbonyl (C=O) groups excluding carboxylic acids is 3. The molecular weight excluding hydrogens is 779 g/mol. The van der Waals surface area contributed by atoms with Gasteiger partial charge in [0.05, 0.1) is 26.2 Å². The summed E-state index contributed by atoms with van der Waals surface area (Å²) in [7, 11) is -2.37. The van der Waals surface area contributed by atoms with Gasteiger partial charge in [-0.3, -0.25) is 14.4 Å². The van der Waals surface area contributed by atoms with Crippen molar-refractivity contribution in [2.75, 3.05) is 45.6 Å². The lowest BCUT2D eigenvalue weighted by Crippen LogP contribution is -2.45. The van der Waals surface area contributed by atoms with Crippen LogP contribution in [0.25, 0.3) is 0 Å². The van der Waals surface area contributed by atoms with Crippen LogP contribution in [-0.2, 0) is 33.9 Å². The number of hydroxylamine groups is 3. The van der Waals surface area contributed by atoms with Crippen molar-refractivity contribution in [3.05, 3.63) is 5.21 Å². The van der Waals surface area contributed by atoms with E-state index >= 15 is 0 Å². The second-order valence-electron chi connectivity index (χ2n) is 17.5. The number of amides is 1. The number of unbranched alkanes of at least 4 members (excludes halogenated alkanes) is 24. The number of nitrogens with zero attached hydrogens (tertiary/aromatic N) is 1. The summed E-state index contributed by atoms with van der Waals surface area (Å²) in [6, 6.07) is 0. The molecule has 12 heteroatoms. The largest absolute Gasteiger partial charge is 0.633 e. The van der Waals surface area contributed by atoms with Gasteiger partial charge in [-0.25, -0.2) is 13.1 Å². The Morgan fingerprint density at radius 1 is 0.533 bits per heavy atom. The molecule has 1 amide bonds. The number of sulfonamides is 1. The molecular formula is C48H95N3O8S. The van der Waals surface area contributed by atoms with E-state index in [-0.39, 0.29) is 29.2 Å². The van der Waals surface area contributed by atoms with Crippen LogP contribution in [0.4, 0.5) is 0 Å². The van der Waals surface area contributed by atoms with E-state index < -0.39 is 21.7 Å². The van der Waals surface area contributed by atoms with Crippen LogP contribution in [0, 0.1) is 5.21 Å². The molecule has 0 bridgehead atoms. The van der Waals surface area contributed by atoms with E-state index in [1.54, 1.807) is 0 Å². The molecule has 0 aromatic heterocycles. The van der Waals surface area contributed by atoms with Gasteiger partial charge in [-0.05, 0) is 77.7 Å². The summed E-state index contributed by atoms with van der Waals surface area (Å²) in [5, 5.41) is 16.6. The minimum atomic E-state index is -3.65. The molecule has 0 aliphatic rings. The van der Waals surface area contributed by atoms with E-state index in [0.29, 0.717) is 45.5 Å². The van der Waals surface area contributed by atoms with Gasteiger partial charge < -0.3 is 24.6 Å². The highest BCUT2D eigenvalue weighted by Crippen LogP contribution is 2.19. The van der Waals surface area contributed by atoms with Crippen molar-refractivity contribution in [2.24, 2.45) is 0 Å². The smallest absolute Gasteiger partial charge is 0.306 e. The lowest BCUT2D eigenvalue weighted by Gasteiger charge is -2.43. The molecule has 0 rings (SSSR count). The molecule has 0 saturated carbocycles. The Hall–Kier alpha value is -1.76. The molecule has 1 unspecified atom stereocenters. The van der Waals surface area contributed by atoms with Crippen molar-refractivity contribution in [1.29, 1.82) is 0 Å². The van der Waals surface area contributed by atoms with Crippen LogP contribution in [0.2, 0.25) is 0 Å². The van der Waals surface area contributed by atoms with Gasteiger partial charge in [0, 0.05) is 25.8 Å². The number of hydrogen-bond donors (Lipinski definition) is 2. The van der Waals surface area contributed by atoms with Crippen molar-refractivity contribution in [3.8, 4) is 0 Å². The molecule has 0 saturated heterocycles. The maximum atomic E-state index is 14.0. The van der Waals surface area contributed by atoms with Crippen LogP contribution in [0.15, 0.2) is 0 Å². The number of ether oxygens (including phenoxy) is 2. The highest BCUT2D eigenvalue weighted by Gasteiger charge is 2.19. The fourth-order valence-electron chi connectivity index (χ4n) is 7.75. The predicted molar refractivity (Wildman–Crippen MR) is 249 cm³/mol. The third-order valence-corrected chi connectivity index (χ3v) is 12.9. The van der Waals surface area contributed by atoms with Crippen LogP contribution < -0.4 is 10.0 Å². The molecule has 60 heavy (non-hydrogen) atoms. The molecule has 0 fully saturated rings. The van der Waals surface area contributed by atoms with Gasteiger partial charge in [0.1, 0.15) is 11.9 Å². The maximum Gasteiger partial charge on any atom is 0.306 e. The number of quaternary nitrogens is 1. The lowest BCUT2D eigenvalue weighted by atomic mass is 10.0. The van der Waals surface area contributed by atoms with Crippen molar-refractivity contribution < 1.29 is 36.9 Å². The zero-order chi connectivity index (χ0) is 44.4. The van der Waals surface area contributed by atoms with Crippen LogP contribution in [0.3, 0.4) is 0 Å². The molecule has 0 aromatic carbocycles. The van der Waals surface area contributed by atoms with Crippen molar-refractivity contribution in [1.82, 2.24) is 10.0 Å². The van der Waals surface area contributed by atoms with Gasteiger partial charge in [0.15, 0.2) is 0 Å². The fourth-order valence-corrected chi connectivity index (χ4v) is 8.35. The normalized spacial score (nSPS) is 12.8. The highest BCUT2D eigenvalue weighted by molar-refractivity contribution is 7.90. The number of rotatable bonds is 46. The lowest BCUT2D eigenvalue weighted by molar-refractivity contribution is -0.881. The molecule has 0 aliphatic carbocycles. The van der Waals surface area contributed by atoms with E-state index in [1.807, 2.05) is 0 Å². The maximum absolute atomic E-state index is 14.0. The first-order valence-corrected chi connectivity index (χ1v) is 26.8. The average molecular weight is 874 g/mol. The minimum absolute atomic E-state index is 0.0423. The molecule has 0 aromatic rings. The molecule has 0 radical (unpaired) electrons. The van der Waals surface area contributed by atoms with Gasteiger partial charge in [-0.2, -0.15) is 0 Å². The number of carbonyl (C=O) groups is 3. The summed E-state index contributed by atoms with van der Waals surface area (Å²) >= 11 is 0. The first kappa shape index (κ1) is 58.2. The SMILES string of the molecule is CCCCCCCCCOC(=O)CCCCCCC[N+]([O-])(CCCCCCCC(=O)OC(CCCCCCCC)CCCCCCCC)CCCNC(=O)CS(=O)(=O)NC. The summed E-state index contributed by atoms with van der Waals surface area (Å²) in [6.07, 6.45) is 35.4. The van der Waals surface area contributed by atoms with Gasteiger partial charge in [-0.15, -0.1) is 0 Å². The Morgan fingerprint density at radius 3 is 1.42 bits per heavy atom. The first-order valence-electron chi connectivity index (χ1n) is 25.1. The van der Waals surface area contributed by atoms with E-state index in [4.69, 9.17) is 9.47 Å². The van der Waals surface area contributed by atoms with Crippen LogP contribution >= 0.6 is 0 Å². The average Bonchev–Trinajstić information content (AvgIpc) is 3.22. The third-order valence-electron chi connectivity index (χ3n) is 11.7. The quantitative estimate of drug-likeness (QED) is 0.0265. The Kier molecular flexibility index (Phi) is 40.1. The van der Waals surface area contributed by atoms with Gasteiger partial charge >= 0.3 is 11.9 Å². The van der Waals surface area contributed by atoms with Gasteiger partial charge in [-0.1, -0.05) is 149 Å². The zero-order valence-electron chi connectivity index (χ0n) is 39.5.